The molecule has 2 aromatic rings. The van der Waals surface area contributed by atoms with Gasteiger partial charge in [0.15, 0.2) is 5.82 Å². The van der Waals surface area contributed by atoms with Crippen molar-refractivity contribution in [2.24, 2.45) is 0 Å². The van der Waals surface area contributed by atoms with E-state index in [0.717, 1.165) is 22.5 Å². The molecule has 4 heteroatoms. The van der Waals surface area contributed by atoms with Crippen LogP contribution in [0.5, 0.6) is 0 Å². The van der Waals surface area contributed by atoms with Crippen molar-refractivity contribution >= 4 is 15.9 Å². The van der Waals surface area contributed by atoms with Gasteiger partial charge < -0.3 is 4.57 Å². The zero-order valence-electron chi connectivity index (χ0n) is 9.73. The second-order valence-corrected chi connectivity index (χ2v) is 5.10. The molecule has 3 nitrogen and oxygen atoms in total. The van der Waals surface area contributed by atoms with E-state index in [1.54, 1.807) is 0 Å². The third-order valence-electron chi connectivity index (χ3n) is 3.07. The van der Waals surface area contributed by atoms with Gasteiger partial charge in [0, 0.05) is 11.6 Å². The Bertz CT molecular complexity index is 543. The molecule has 1 aromatic heterocycles. The Morgan fingerprint density at radius 1 is 1.35 bits per heavy atom. The topological polar surface area (TPSA) is 30.7 Å². The lowest BCUT2D eigenvalue weighted by Gasteiger charge is -2.08. The summed E-state index contributed by atoms with van der Waals surface area (Å²) in [5, 5.41) is 9.38. The fraction of sp³-hybridized carbons (Fsp3) is 0.385. The molecule has 0 unspecified atom stereocenters. The number of hydrogen-bond donors (Lipinski definition) is 0. The van der Waals surface area contributed by atoms with E-state index in [1.165, 1.54) is 18.4 Å². The van der Waals surface area contributed by atoms with Crippen LogP contribution in [0, 0.1) is 6.92 Å². The summed E-state index contributed by atoms with van der Waals surface area (Å²) >= 11 is 3.48. The van der Waals surface area contributed by atoms with E-state index >= 15 is 0 Å². The maximum absolute atomic E-state index is 4.34. The van der Waals surface area contributed by atoms with E-state index in [9.17, 15) is 0 Å². The minimum absolute atomic E-state index is 0.605. The van der Waals surface area contributed by atoms with Crippen molar-refractivity contribution in [2.45, 2.75) is 31.1 Å². The Kier molecular flexibility index (Phi) is 2.74. The van der Waals surface area contributed by atoms with Gasteiger partial charge >= 0.3 is 0 Å². The average molecular weight is 292 g/mol. The van der Waals surface area contributed by atoms with Crippen molar-refractivity contribution < 1.29 is 0 Å². The van der Waals surface area contributed by atoms with Crippen LogP contribution in [0.4, 0.5) is 0 Å². The lowest BCUT2D eigenvalue weighted by atomic mass is 10.1. The van der Waals surface area contributed by atoms with Crippen LogP contribution in [0.1, 0.15) is 30.3 Å². The zero-order valence-corrected chi connectivity index (χ0v) is 11.3. The summed E-state index contributed by atoms with van der Waals surface area (Å²) in [6.07, 6.45) is 2.49. The van der Waals surface area contributed by atoms with Gasteiger partial charge in [-0.3, -0.25) is 0 Å². The fourth-order valence-corrected chi connectivity index (χ4v) is 2.49. The molecule has 1 heterocycles. The molecule has 0 amide bonds. The largest absolute Gasteiger partial charge is 0.307 e. The summed E-state index contributed by atoms with van der Waals surface area (Å²) in [7, 11) is 0. The lowest BCUT2D eigenvalue weighted by molar-refractivity contribution is 0.714. The molecule has 0 spiro atoms. The molecule has 1 aliphatic rings. The van der Waals surface area contributed by atoms with E-state index in [4.69, 9.17) is 0 Å². The predicted octanol–water partition coefficient (Wildman–Crippen LogP) is 3.48. The summed E-state index contributed by atoms with van der Waals surface area (Å²) in [6, 6.07) is 9.06. The van der Waals surface area contributed by atoms with Crippen LogP contribution in [-0.2, 0) is 5.33 Å². The van der Waals surface area contributed by atoms with Crippen LogP contribution in [0.3, 0.4) is 0 Å². The first-order valence-corrected chi connectivity index (χ1v) is 6.98. The van der Waals surface area contributed by atoms with Gasteiger partial charge in [-0.1, -0.05) is 39.7 Å². The summed E-state index contributed by atoms with van der Waals surface area (Å²) in [5.74, 6) is 2.04. The van der Waals surface area contributed by atoms with Gasteiger partial charge in [-0.15, -0.1) is 10.2 Å². The molecule has 1 aliphatic carbocycles. The first kappa shape index (κ1) is 11.0. The van der Waals surface area contributed by atoms with E-state index in [2.05, 4.69) is 61.9 Å². The SMILES string of the molecule is Cc1cccc(-c2nnc(CBr)n2C2CC2)c1. The van der Waals surface area contributed by atoms with Gasteiger partial charge in [0.2, 0.25) is 0 Å². The quantitative estimate of drug-likeness (QED) is 0.811. The van der Waals surface area contributed by atoms with Crippen LogP contribution in [-0.4, -0.2) is 14.8 Å². The van der Waals surface area contributed by atoms with E-state index in [-0.39, 0.29) is 0 Å². The van der Waals surface area contributed by atoms with Gasteiger partial charge in [-0.05, 0) is 25.8 Å². The lowest BCUT2D eigenvalue weighted by Crippen LogP contribution is -2.01. The number of rotatable bonds is 3. The Hall–Kier alpha value is -1.16. The van der Waals surface area contributed by atoms with E-state index in [1.807, 2.05) is 0 Å². The number of aryl methyl sites for hydroxylation is 1. The smallest absolute Gasteiger partial charge is 0.164 e. The van der Waals surface area contributed by atoms with Crippen molar-refractivity contribution in [1.82, 2.24) is 14.8 Å². The van der Waals surface area contributed by atoms with Gasteiger partial charge in [0.1, 0.15) is 5.82 Å². The highest BCUT2D eigenvalue weighted by Gasteiger charge is 2.29. The molecule has 1 fully saturated rings. The van der Waals surface area contributed by atoms with Gasteiger partial charge in [-0.25, -0.2) is 0 Å². The van der Waals surface area contributed by atoms with Crippen molar-refractivity contribution in [2.75, 3.05) is 0 Å². The number of halogens is 1. The molecule has 0 radical (unpaired) electrons. The minimum Gasteiger partial charge on any atom is -0.307 e. The normalized spacial score (nSPS) is 15.2. The maximum Gasteiger partial charge on any atom is 0.164 e. The third kappa shape index (κ3) is 2.02. The Morgan fingerprint density at radius 2 is 2.18 bits per heavy atom. The summed E-state index contributed by atoms with van der Waals surface area (Å²) in [6.45, 7) is 2.10. The molecular formula is C13H14BrN3. The van der Waals surface area contributed by atoms with E-state index < -0.39 is 0 Å². The van der Waals surface area contributed by atoms with Crippen molar-refractivity contribution in [3.63, 3.8) is 0 Å². The molecule has 1 saturated carbocycles. The van der Waals surface area contributed by atoms with Crippen LogP contribution < -0.4 is 0 Å². The molecule has 88 valence electrons. The maximum atomic E-state index is 4.34. The molecule has 17 heavy (non-hydrogen) atoms. The highest BCUT2D eigenvalue weighted by atomic mass is 79.9. The molecule has 0 saturated heterocycles. The molecule has 3 rings (SSSR count). The Balaban J connectivity index is 2.11. The number of hydrogen-bond acceptors (Lipinski definition) is 2. The third-order valence-corrected chi connectivity index (χ3v) is 3.58. The molecule has 0 aliphatic heterocycles. The average Bonchev–Trinajstić information content (AvgIpc) is 3.08. The van der Waals surface area contributed by atoms with Crippen molar-refractivity contribution in [3.8, 4) is 11.4 Å². The second-order valence-electron chi connectivity index (χ2n) is 4.54. The zero-order chi connectivity index (χ0) is 11.8. The molecule has 1 aromatic carbocycles. The summed E-state index contributed by atoms with van der Waals surface area (Å²) < 4.78 is 2.28. The second kappa shape index (κ2) is 4.26. The number of aromatic nitrogens is 3. The summed E-state index contributed by atoms with van der Waals surface area (Å²) in [4.78, 5) is 0. The first-order chi connectivity index (χ1) is 8.29. The Labute approximate surface area is 109 Å². The van der Waals surface area contributed by atoms with Crippen molar-refractivity contribution in [3.05, 3.63) is 35.7 Å². The molecular weight excluding hydrogens is 278 g/mol. The number of nitrogens with zero attached hydrogens (tertiary/aromatic N) is 3. The molecule has 0 bridgehead atoms. The fourth-order valence-electron chi connectivity index (χ4n) is 2.11. The number of alkyl halides is 1. The van der Waals surface area contributed by atoms with Crippen LogP contribution in [0.25, 0.3) is 11.4 Å². The first-order valence-electron chi connectivity index (χ1n) is 5.86. The van der Waals surface area contributed by atoms with Crippen LogP contribution in [0.2, 0.25) is 0 Å². The molecule has 0 N–H and O–H groups in total. The summed E-state index contributed by atoms with van der Waals surface area (Å²) in [5.41, 5.74) is 2.42. The van der Waals surface area contributed by atoms with Gasteiger partial charge in [0.25, 0.3) is 0 Å². The van der Waals surface area contributed by atoms with Crippen molar-refractivity contribution in [1.29, 1.82) is 0 Å². The molecule has 0 atom stereocenters. The Morgan fingerprint density at radius 3 is 2.82 bits per heavy atom. The highest BCUT2D eigenvalue weighted by molar-refractivity contribution is 9.08. The van der Waals surface area contributed by atoms with E-state index in [0.29, 0.717) is 6.04 Å². The van der Waals surface area contributed by atoms with Gasteiger partial charge in [0.05, 0.1) is 5.33 Å². The van der Waals surface area contributed by atoms with Crippen LogP contribution >= 0.6 is 15.9 Å². The predicted molar refractivity (Wildman–Crippen MR) is 71.1 cm³/mol. The number of benzene rings is 1. The monoisotopic (exact) mass is 291 g/mol. The standard InChI is InChI=1S/C13H14BrN3/c1-9-3-2-4-10(7-9)13-16-15-12(8-14)17(13)11-5-6-11/h2-4,7,11H,5-6,8H2,1H3. The van der Waals surface area contributed by atoms with Gasteiger partial charge in [-0.2, -0.15) is 0 Å². The van der Waals surface area contributed by atoms with Crippen LogP contribution in [0.15, 0.2) is 24.3 Å². The highest BCUT2D eigenvalue weighted by Crippen LogP contribution is 2.39. The minimum atomic E-state index is 0.605.